The Balaban J connectivity index is 1.64. The third-order valence-electron chi connectivity index (χ3n) is 3.90. The Morgan fingerprint density at radius 3 is 2.62 bits per heavy atom. The number of nitrogens with one attached hydrogen (secondary N) is 2. The molecule has 1 amide bonds. The number of carbonyl (C=O) groups excluding carboxylic acids is 1. The van der Waals surface area contributed by atoms with Gasteiger partial charge in [0, 0.05) is 11.6 Å². The van der Waals surface area contributed by atoms with Gasteiger partial charge in [-0.25, -0.2) is 4.98 Å². The molecule has 0 saturated heterocycles. The first-order valence-electron chi connectivity index (χ1n) is 7.32. The zero-order chi connectivity index (χ0) is 14.7. The Labute approximate surface area is 123 Å². The summed E-state index contributed by atoms with van der Waals surface area (Å²) >= 11 is 0. The maximum absolute atomic E-state index is 12.2. The molecule has 0 atom stereocenters. The van der Waals surface area contributed by atoms with Crippen LogP contribution in [-0.2, 0) is 0 Å². The number of aliphatic hydroxyl groups excluding tert-OH is 1. The zero-order valence-electron chi connectivity index (χ0n) is 11.7. The summed E-state index contributed by atoms with van der Waals surface area (Å²) in [5.74, 6) is 0.561. The van der Waals surface area contributed by atoms with Gasteiger partial charge in [-0.2, -0.15) is 0 Å². The van der Waals surface area contributed by atoms with Crippen LogP contribution in [-0.4, -0.2) is 33.1 Å². The van der Waals surface area contributed by atoms with E-state index in [1.807, 2.05) is 30.3 Å². The van der Waals surface area contributed by atoms with Gasteiger partial charge in [0.25, 0.3) is 5.91 Å². The topological polar surface area (TPSA) is 78.0 Å². The van der Waals surface area contributed by atoms with E-state index in [1.165, 1.54) is 0 Å². The Bertz CT molecular complexity index is 601. The molecule has 0 unspecified atom stereocenters. The highest BCUT2D eigenvalue weighted by molar-refractivity contribution is 5.92. The molecular weight excluding hydrogens is 266 g/mol. The second-order valence-electron chi connectivity index (χ2n) is 5.49. The van der Waals surface area contributed by atoms with E-state index in [9.17, 15) is 9.90 Å². The van der Waals surface area contributed by atoms with Crippen molar-refractivity contribution in [1.29, 1.82) is 0 Å². The lowest BCUT2D eigenvalue weighted by Gasteiger charge is -2.25. The molecule has 3 N–H and O–H groups in total. The molecular formula is C16H19N3O2. The molecule has 0 radical (unpaired) electrons. The van der Waals surface area contributed by atoms with Crippen LogP contribution in [0.15, 0.2) is 36.5 Å². The van der Waals surface area contributed by atoms with Crippen LogP contribution < -0.4 is 5.32 Å². The van der Waals surface area contributed by atoms with E-state index < -0.39 is 0 Å². The fourth-order valence-electron chi connectivity index (χ4n) is 2.66. The lowest BCUT2D eigenvalue weighted by molar-refractivity contribution is 0.0863. The summed E-state index contributed by atoms with van der Waals surface area (Å²) in [6.45, 7) is 0. The molecule has 5 heteroatoms. The van der Waals surface area contributed by atoms with E-state index in [2.05, 4.69) is 15.3 Å². The maximum atomic E-state index is 12.2. The summed E-state index contributed by atoms with van der Waals surface area (Å²) in [6.07, 6.45) is 4.51. The number of aromatic amines is 1. The van der Waals surface area contributed by atoms with Gasteiger partial charge in [0.1, 0.15) is 11.5 Å². The predicted molar refractivity (Wildman–Crippen MR) is 79.8 cm³/mol. The SMILES string of the molecule is O=C(NC1CCC(O)CC1)c1cnc(-c2ccccc2)[nH]1. The predicted octanol–water partition coefficient (Wildman–Crippen LogP) is 2.11. The minimum Gasteiger partial charge on any atom is -0.393 e. The van der Waals surface area contributed by atoms with Crippen molar-refractivity contribution >= 4 is 5.91 Å². The lowest BCUT2D eigenvalue weighted by atomic mass is 9.93. The number of hydrogen-bond donors (Lipinski definition) is 3. The second kappa shape index (κ2) is 6.10. The van der Waals surface area contributed by atoms with Crippen molar-refractivity contribution in [2.24, 2.45) is 0 Å². The molecule has 1 fully saturated rings. The Kier molecular flexibility index (Phi) is 4.01. The van der Waals surface area contributed by atoms with Gasteiger partial charge in [-0.3, -0.25) is 4.79 Å². The fourth-order valence-corrected chi connectivity index (χ4v) is 2.66. The average molecular weight is 285 g/mol. The first-order chi connectivity index (χ1) is 10.2. The number of carbonyl (C=O) groups is 1. The summed E-state index contributed by atoms with van der Waals surface area (Å²) in [6, 6.07) is 9.85. The van der Waals surface area contributed by atoms with E-state index >= 15 is 0 Å². The smallest absolute Gasteiger partial charge is 0.269 e. The van der Waals surface area contributed by atoms with Gasteiger partial charge >= 0.3 is 0 Å². The molecule has 1 saturated carbocycles. The lowest BCUT2D eigenvalue weighted by Crippen LogP contribution is -2.38. The summed E-state index contributed by atoms with van der Waals surface area (Å²) in [7, 11) is 0. The largest absolute Gasteiger partial charge is 0.393 e. The summed E-state index contributed by atoms with van der Waals surface area (Å²) in [5, 5.41) is 12.5. The Morgan fingerprint density at radius 2 is 1.90 bits per heavy atom. The quantitative estimate of drug-likeness (QED) is 0.808. The molecule has 1 aliphatic rings. The standard InChI is InChI=1S/C16H19N3O2/c20-13-8-6-12(7-9-13)18-16(21)14-10-17-15(19-14)11-4-2-1-3-5-11/h1-5,10,12-13,20H,6-9H2,(H,17,19)(H,18,21). The Morgan fingerprint density at radius 1 is 1.19 bits per heavy atom. The molecule has 110 valence electrons. The van der Waals surface area contributed by atoms with Gasteiger partial charge in [0.05, 0.1) is 12.3 Å². The molecule has 3 rings (SSSR count). The third-order valence-corrected chi connectivity index (χ3v) is 3.90. The maximum Gasteiger partial charge on any atom is 0.269 e. The van der Waals surface area contributed by atoms with E-state index in [0.717, 1.165) is 31.2 Å². The van der Waals surface area contributed by atoms with Gasteiger partial charge in [0.15, 0.2) is 0 Å². The van der Waals surface area contributed by atoms with Gasteiger partial charge in [-0.15, -0.1) is 0 Å². The van der Waals surface area contributed by atoms with Crippen molar-refractivity contribution in [2.45, 2.75) is 37.8 Å². The number of aromatic nitrogens is 2. The number of amides is 1. The minimum atomic E-state index is -0.213. The highest BCUT2D eigenvalue weighted by Gasteiger charge is 2.22. The molecule has 5 nitrogen and oxygen atoms in total. The van der Waals surface area contributed by atoms with E-state index in [0.29, 0.717) is 11.5 Å². The average Bonchev–Trinajstić information content (AvgIpc) is 3.00. The van der Waals surface area contributed by atoms with Crippen LogP contribution >= 0.6 is 0 Å². The number of hydrogen-bond acceptors (Lipinski definition) is 3. The van der Waals surface area contributed by atoms with Gasteiger partial charge in [-0.1, -0.05) is 30.3 Å². The number of nitrogens with zero attached hydrogens (tertiary/aromatic N) is 1. The van der Waals surface area contributed by atoms with Gasteiger partial charge < -0.3 is 15.4 Å². The fraction of sp³-hybridized carbons (Fsp3) is 0.375. The highest BCUT2D eigenvalue weighted by Crippen LogP contribution is 2.19. The van der Waals surface area contributed by atoms with Crippen LogP contribution in [0.3, 0.4) is 0 Å². The molecule has 1 aromatic carbocycles. The van der Waals surface area contributed by atoms with E-state index in [-0.39, 0.29) is 18.1 Å². The monoisotopic (exact) mass is 285 g/mol. The molecule has 2 aromatic rings. The van der Waals surface area contributed by atoms with Crippen molar-refractivity contribution in [3.05, 3.63) is 42.2 Å². The van der Waals surface area contributed by atoms with Crippen molar-refractivity contribution < 1.29 is 9.90 Å². The first-order valence-corrected chi connectivity index (χ1v) is 7.32. The van der Waals surface area contributed by atoms with Crippen molar-refractivity contribution in [2.75, 3.05) is 0 Å². The van der Waals surface area contributed by atoms with Crippen LogP contribution in [0, 0.1) is 0 Å². The normalized spacial score (nSPS) is 22.0. The third kappa shape index (κ3) is 3.31. The van der Waals surface area contributed by atoms with Crippen LogP contribution in [0.4, 0.5) is 0 Å². The number of rotatable bonds is 3. The summed E-state index contributed by atoms with van der Waals surface area (Å²) in [4.78, 5) is 19.5. The van der Waals surface area contributed by atoms with Crippen molar-refractivity contribution in [1.82, 2.24) is 15.3 Å². The molecule has 21 heavy (non-hydrogen) atoms. The minimum absolute atomic E-state index is 0.133. The van der Waals surface area contributed by atoms with Gasteiger partial charge in [-0.05, 0) is 25.7 Å². The Hall–Kier alpha value is -2.14. The first kappa shape index (κ1) is 13.8. The van der Waals surface area contributed by atoms with Crippen molar-refractivity contribution in [3.63, 3.8) is 0 Å². The molecule has 1 aromatic heterocycles. The second-order valence-corrected chi connectivity index (χ2v) is 5.49. The molecule has 1 aliphatic carbocycles. The number of H-pyrrole nitrogens is 1. The van der Waals surface area contributed by atoms with Crippen LogP contribution in [0.2, 0.25) is 0 Å². The molecule has 1 heterocycles. The van der Waals surface area contributed by atoms with Crippen LogP contribution in [0.5, 0.6) is 0 Å². The highest BCUT2D eigenvalue weighted by atomic mass is 16.3. The van der Waals surface area contributed by atoms with E-state index in [4.69, 9.17) is 0 Å². The zero-order valence-corrected chi connectivity index (χ0v) is 11.7. The van der Waals surface area contributed by atoms with Crippen LogP contribution in [0.1, 0.15) is 36.2 Å². The molecule has 0 bridgehead atoms. The summed E-state index contributed by atoms with van der Waals surface area (Å²) < 4.78 is 0. The summed E-state index contributed by atoms with van der Waals surface area (Å²) in [5.41, 5.74) is 1.43. The number of imidazole rings is 1. The molecule has 0 aliphatic heterocycles. The van der Waals surface area contributed by atoms with Crippen LogP contribution in [0.25, 0.3) is 11.4 Å². The number of aliphatic hydroxyl groups is 1. The van der Waals surface area contributed by atoms with Crippen molar-refractivity contribution in [3.8, 4) is 11.4 Å². The van der Waals surface area contributed by atoms with Gasteiger partial charge in [0.2, 0.25) is 0 Å². The van der Waals surface area contributed by atoms with E-state index in [1.54, 1.807) is 6.20 Å². The molecule has 0 spiro atoms. The number of benzene rings is 1.